The molecule has 1 aromatic heterocycles. The van der Waals surface area contributed by atoms with Crippen LogP contribution in [0, 0.1) is 0 Å². The van der Waals surface area contributed by atoms with E-state index in [0.29, 0.717) is 18.1 Å². The van der Waals surface area contributed by atoms with Crippen LogP contribution in [0.25, 0.3) is 0 Å². The Morgan fingerprint density at radius 1 is 1.33 bits per heavy atom. The van der Waals surface area contributed by atoms with Gasteiger partial charge in [-0.05, 0) is 39.0 Å². The summed E-state index contributed by atoms with van der Waals surface area (Å²) in [6.45, 7) is 6.06. The van der Waals surface area contributed by atoms with Crippen LogP contribution >= 0.6 is 0 Å². The summed E-state index contributed by atoms with van der Waals surface area (Å²) in [5.74, 6) is 2.31. The van der Waals surface area contributed by atoms with E-state index in [-0.39, 0.29) is 0 Å². The topological polar surface area (TPSA) is 59.1 Å². The van der Waals surface area contributed by atoms with Crippen molar-refractivity contribution in [1.29, 1.82) is 0 Å². The Balaban J connectivity index is 1.68. The van der Waals surface area contributed by atoms with Gasteiger partial charge in [-0.3, -0.25) is 0 Å². The van der Waals surface area contributed by atoms with E-state index in [1.165, 1.54) is 25.0 Å². The second kappa shape index (κ2) is 6.60. The summed E-state index contributed by atoms with van der Waals surface area (Å²) < 4.78 is 5.66. The quantitative estimate of drug-likeness (QED) is 0.808. The first-order valence-corrected chi connectivity index (χ1v) is 8.25. The van der Waals surface area contributed by atoms with Gasteiger partial charge in [0.1, 0.15) is 5.82 Å². The lowest BCUT2D eigenvalue weighted by atomic mass is 10.2. The van der Waals surface area contributed by atoms with Gasteiger partial charge >= 0.3 is 0 Å². The molecule has 5 nitrogen and oxygen atoms in total. The molecule has 5 heteroatoms. The van der Waals surface area contributed by atoms with Crippen LogP contribution in [0.5, 0.6) is 0 Å². The van der Waals surface area contributed by atoms with E-state index in [1.807, 2.05) is 0 Å². The molecule has 1 aromatic rings. The minimum atomic E-state index is 0.329. The lowest BCUT2D eigenvalue weighted by molar-refractivity contribution is 0.120. The van der Waals surface area contributed by atoms with Crippen LogP contribution in [0.3, 0.4) is 0 Å². The van der Waals surface area contributed by atoms with Crippen molar-refractivity contribution in [2.24, 2.45) is 0 Å². The van der Waals surface area contributed by atoms with E-state index >= 15 is 0 Å². The zero-order chi connectivity index (χ0) is 14.7. The zero-order valence-corrected chi connectivity index (χ0v) is 13.1. The maximum absolute atomic E-state index is 5.66. The van der Waals surface area contributed by atoms with Gasteiger partial charge in [-0.25, -0.2) is 4.98 Å². The highest BCUT2D eigenvalue weighted by Crippen LogP contribution is 2.39. The molecule has 0 unspecified atom stereocenters. The van der Waals surface area contributed by atoms with Gasteiger partial charge < -0.3 is 15.4 Å². The van der Waals surface area contributed by atoms with Crippen LogP contribution < -0.4 is 10.6 Å². The number of rotatable bonds is 7. The Hall–Kier alpha value is -1.36. The summed E-state index contributed by atoms with van der Waals surface area (Å²) >= 11 is 0. The number of anilines is 2. The average molecular weight is 290 g/mol. The van der Waals surface area contributed by atoms with Gasteiger partial charge in [0.2, 0.25) is 5.95 Å². The molecule has 2 fully saturated rings. The number of nitrogens with zero attached hydrogens (tertiary/aromatic N) is 2. The SMILES string of the molecule is CC[C@H](C)Nc1nc(NC[C@@H]2CCCO2)cc(C2CC2)n1. The smallest absolute Gasteiger partial charge is 0.225 e. The molecule has 2 N–H and O–H groups in total. The van der Waals surface area contributed by atoms with Gasteiger partial charge in [-0.15, -0.1) is 0 Å². The number of aromatic nitrogens is 2. The monoisotopic (exact) mass is 290 g/mol. The van der Waals surface area contributed by atoms with Crippen molar-refractivity contribution >= 4 is 11.8 Å². The van der Waals surface area contributed by atoms with Crippen molar-refractivity contribution in [1.82, 2.24) is 9.97 Å². The number of hydrogen-bond donors (Lipinski definition) is 2. The third kappa shape index (κ3) is 4.06. The highest BCUT2D eigenvalue weighted by molar-refractivity contribution is 5.44. The fourth-order valence-corrected chi connectivity index (χ4v) is 2.56. The molecule has 0 radical (unpaired) electrons. The molecule has 21 heavy (non-hydrogen) atoms. The van der Waals surface area contributed by atoms with E-state index in [2.05, 4.69) is 40.5 Å². The zero-order valence-electron chi connectivity index (χ0n) is 13.1. The van der Waals surface area contributed by atoms with Gasteiger partial charge in [0.15, 0.2) is 0 Å². The van der Waals surface area contributed by atoms with Crippen LogP contribution in [0.2, 0.25) is 0 Å². The average Bonchev–Trinajstić information content (AvgIpc) is 3.21. The maximum Gasteiger partial charge on any atom is 0.225 e. The van der Waals surface area contributed by atoms with Crippen LogP contribution in [0.1, 0.15) is 57.6 Å². The molecule has 116 valence electrons. The molecule has 2 aliphatic rings. The molecular weight excluding hydrogens is 264 g/mol. The summed E-state index contributed by atoms with van der Waals surface area (Å²) in [7, 11) is 0. The Bertz CT molecular complexity index is 469. The first-order chi connectivity index (χ1) is 10.2. The molecule has 1 aliphatic heterocycles. The summed E-state index contributed by atoms with van der Waals surface area (Å²) in [4.78, 5) is 9.27. The molecule has 2 heterocycles. The molecule has 1 aliphatic carbocycles. The van der Waals surface area contributed by atoms with Crippen molar-refractivity contribution in [2.45, 2.75) is 64.0 Å². The number of ether oxygens (including phenoxy) is 1. The highest BCUT2D eigenvalue weighted by atomic mass is 16.5. The minimum absolute atomic E-state index is 0.329. The normalized spacial score (nSPS) is 23.0. The molecule has 0 aromatic carbocycles. The van der Waals surface area contributed by atoms with E-state index < -0.39 is 0 Å². The Morgan fingerprint density at radius 3 is 2.86 bits per heavy atom. The van der Waals surface area contributed by atoms with Gasteiger partial charge in [-0.1, -0.05) is 6.92 Å². The van der Waals surface area contributed by atoms with Gasteiger partial charge in [0.05, 0.1) is 11.8 Å². The van der Waals surface area contributed by atoms with E-state index in [0.717, 1.165) is 37.8 Å². The van der Waals surface area contributed by atoms with Gasteiger partial charge in [0, 0.05) is 31.2 Å². The van der Waals surface area contributed by atoms with Crippen LogP contribution in [-0.2, 0) is 4.74 Å². The maximum atomic E-state index is 5.66. The summed E-state index contributed by atoms with van der Waals surface area (Å²) in [6, 6.07) is 2.50. The summed E-state index contributed by atoms with van der Waals surface area (Å²) in [5.41, 5.74) is 1.17. The Labute approximate surface area is 126 Å². The largest absolute Gasteiger partial charge is 0.376 e. The summed E-state index contributed by atoms with van der Waals surface area (Å²) in [5, 5.41) is 6.81. The fourth-order valence-electron chi connectivity index (χ4n) is 2.56. The molecule has 0 bridgehead atoms. The van der Waals surface area contributed by atoms with Crippen molar-refractivity contribution in [3.63, 3.8) is 0 Å². The molecular formula is C16H26N4O. The third-order valence-corrected chi connectivity index (χ3v) is 4.26. The molecule has 0 amide bonds. The Kier molecular flexibility index (Phi) is 4.58. The Morgan fingerprint density at radius 2 is 2.19 bits per heavy atom. The number of hydrogen-bond acceptors (Lipinski definition) is 5. The predicted molar refractivity (Wildman–Crippen MR) is 84.8 cm³/mol. The minimum Gasteiger partial charge on any atom is -0.376 e. The first kappa shape index (κ1) is 14.6. The second-order valence-corrected chi connectivity index (χ2v) is 6.25. The van der Waals surface area contributed by atoms with Crippen molar-refractivity contribution < 1.29 is 4.74 Å². The molecule has 1 saturated heterocycles. The summed E-state index contributed by atoms with van der Waals surface area (Å²) in [6.07, 6.45) is 6.22. The second-order valence-electron chi connectivity index (χ2n) is 6.25. The lowest BCUT2D eigenvalue weighted by Crippen LogP contribution is -2.20. The van der Waals surface area contributed by atoms with Gasteiger partial charge in [0.25, 0.3) is 0 Å². The molecule has 2 atom stereocenters. The van der Waals surface area contributed by atoms with Crippen LogP contribution in [-0.4, -0.2) is 35.3 Å². The van der Waals surface area contributed by atoms with Crippen LogP contribution in [0.4, 0.5) is 11.8 Å². The lowest BCUT2D eigenvalue weighted by Gasteiger charge is -2.15. The van der Waals surface area contributed by atoms with Crippen molar-refractivity contribution in [3.05, 3.63) is 11.8 Å². The predicted octanol–water partition coefficient (Wildman–Crippen LogP) is 3.16. The molecule has 0 spiro atoms. The molecule has 3 rings (SSSR count). The number of nitrogens with one attached hydrogen (secondary N) is 2. The van der Waals surface area contributed by atoms with Crippen molar-refractivity contribution in [3.8, 4) is 0 Å². The first-order valence-electron chi connectivity index (χ1n) is 8.25. The third-order valence-electron chi connectivity index (χ3n) is 4.26. The van der Waals surface area contributed by atoms with Crippen molar-refractivity contribution in [2.75, 3.05) is 23.8 Å². The van der Waals surface area contributed by atoms with E-state index in [4.69, 9.17) is 4.74 Å². The van der Waals surface area contributed by atoms with E-state index in [1.54, 1.807) is 0 Å². The van der Waals surface area contributed by atoms with Crippen LogP contribution in [0.15, 0.2) is 6.07 Å². The molecule has 1 saturated carbocycles. The van der Waals surface area contributed by atoms with E-state index in [9.17, 15) is 0 Å². The highest BCUT2D eigenvalue weighted by Gasteiger charge is 2.26. The van der Waals surface area contributed by atoms with Gasteiger partial charge in [-0.2, -0.15) is 4.98 Å². The standard InChI is InChI=1S/C16H26N4O/c1-3-11(2)18-16-19-14(12-6-7-12)9-15(20-16)17-10-13-5-4-8-21-13/h9,11-13H,3-8,10H2,1-2H3,(H2,17,18,19,20)/t11-,13-/m0/s1. The fraction of sp³-hybridized carbons (Fsp3) is 0.750.